The van der Waals surface area contributed by atoms with Crippen molar-refractivity contribution in [3.63, 3.8) is 0 Å². The summed E-state index contributed by atoms with van der Waals surface area (Å²) in [4.78, 5) is 1.93. The predicted molar refractivity (Wildman–Crippen MR) is 83.6 cm³/mol. The molecule has 2 aliphatic heterocycles. The van der Waals surface area contributed by atoms with E-state index in [2.05, 4.69) is 6.07 Å². The number of nitrogens with two attached hydrogens (primary N) is 1. The minimum atomic E-state index is -0.0307. The molecule has 0 unspecified atom stereocenters. The van der Waals surface area contributed by atoms with Crippen LogP contribution in [0.5, 0.6) is 11.5 Å². The maximum absolute atomic E-state index is 7.83. The Morgan fingerprint density at radius 2 is 1.86 bits per heavy atom. The van der Waals surface area contributed by atoms with E-state index < -0.39 is 0 Å². The average Bonchev–Trinajstić information content (AvgIpc) is 2.54. The summed E-state index contributed by atoms with van der Waals surface area (Å²) in [6.45, 7) is 2.86. The SMILES string of the molecule is COc1cc2c(cc1OC)C1(CCOCC1)CN(C(=N)N)C2. The topological polar surface area (TPSA) is 80.8 Å². The van der Waals surface area contributed by atoms with E-state index in [-0.39, 0.29) is 11.4 Å². The lowest BCUT2D eigenvalue weighted by Gasteiger charge is -2.46. The molecule has 1 aromatic carbocycles. The Labute approximate surface area is 130 Å². The third-order valence-corrected chi connectivity index (χ3v) is 4.83. The van der Waals surface area contributed by atoms with Gasteiger partial charge in [0.1, 0.15) is 0 Å². The Balaban J connectivity index is 2.11. The summed E-state index contributed by atoms with van der Waals surface area (Å²) in [7, 11) is 3.30. The molecule has 0 radical (unpaired) electrons. The highest BCUT2D eigenvalue weighted by Crippen LogP contribution is 2.45. The molecular weight excluding hydrogens is 282 g/mol. The highest BCUT2D eigenvalue weighted by atomic mass is 16.5. The van der Waals surface area contributed by atoms with Gasteiger partial charge in [0, 0.05) is 31.7 Å². The number of nitrogens with zero attached hydrogens (tertiary/aromatic N) is 1. The first-order valence-corrected chi connectivity index (χ1v) is 7.52. The maximum Gasteiger partial charge on any atom is 0.188 e. The molecule has 2 aliphatic rings. The summed E-state index contributed by atoms with van der Waals surface area (Å²) in [5.41, 5.74) is 8.17. The summed E-state index contributed by atoms with van der Waals surface area (Å²) in [5, 5.41) is 7.83. The van der Waals surface area contributed by atoms with E-state index >= 15 is 0 Å². The van der Waals surface area contributed by atoms with Gasteiger partial charge in [-0.25, -0.2) is 0 Å². The average molecular weight is 305 g/mol. The van der Waals surface area contributed by atoms with Gasteiger partial charge in [0.25, 0.3) is 0 Å². The van der Waals surface area contributed by atoms with Crippen molar-refractivity contribution >= 4 is 5.96 Å². The molecular formula is C16H23N3O3. The Morgan fingerprint density at radius 3 is 2.45 bits per heavy atom. The zero-order valence-electron chi connectivity index (χ0n) is 13.1. The number of hydrogen-bond donors (Lipinski definition) is 2. The van der Waals surface area contributed by atoms with Crippen LogP contribution in [-0.2, 0) is 16.7 Å². The molecule has 1 aromatic rings. The lowest BCUT2D eigenvalue weighted by molar-refractivity contribution is 0.0360. The Kier molecular flexibility index (Phi) is 3.87. The van der Waals surface area contributed by atoms with Gasteiger partial charge in [-0.1, -0.05) is 0 Å². The Bertz CT molecular complexity index is 582. The van der Waals surface area contributed by atoms with Crippen molar-refractivity contribution < 1.29 is 14.2 Å². The molecule has 1 spiro atoms. The molecule has 22 heavy (non-hydrogen) atoms. The summed E-state index contributed by atoms with van der Waals surface area (Å²) >= 11 is 0. The number of rotatable bonds is 2. The van der Waals surface area contributed by atoms with E-state index in [9.17, 15) is 0 Å². The van der Waals surface area contributed by atoms with E-state index in [1.807, 2.05) is 11.0 Å². The monoisotopic (exact) mass is 305 g/mol. The van der Waals surface area contributed by atoms with Gasteiger partial charge < -0.3 is 24.8 Å². The molecule has 0 atom stereocenters. The quantitative estimate of drug-likeness (QED) is 0.639. The van der Waals surface area contributed by atoms with Crippen LogP contribution in [-0.4, -0.2) is 44.8 Å². The third kappa shape index (κ3) is 2.37. The summed E-state index contributed by atoms with van der Waals surface area (Å²) in [6.07, 6.45) is 1.86. The second kappa shape index (κ2) is 5.68. The van der Waals surface area contributed by atoms with Gasteiger partial charge in [-0.3, -0.25) is 5.41 Å². The minimum Gasteiger partial charge on any atom is -0.493 e. The highest BCUT2D eigenvalue weighted by Gasteiger charge is 2.42. The molecule has 0 aliphatic carbocycles. The summed E-state index contributed by atoms with van der Waals surface area (Å²) < 4.78 is 16.4. The zero-order valence-corrected chi connectivity index (χ0v) is 13.1. The van der Waals surface area contributed by atoms with Gasteiger partial charge in [0.15, 0.2) is 17.5 Å². The van der Waals surface area contributed by atoms with Gasteiger partial charge in [0.2, 0.25) is 0 Å². The van der Waals surface area contributed by atoms with Crippen LogP contribution in [0.3, 0.4) is 0 Å². The molecule has 3 N–H and O–H groups in total. The molecule has 3 rings (SSSR count). The van der Waals surface area contributed by atoms with Crippen molar-refractivity contribution in [2.75, 3.05) is 34.0 Å². The number of fused-ring (bicyclic) bond motifs is 2. The van der Waals surface area contributed by atoms with Crippen molar-refractivity contribution in [3.05, 3.63) is 23.3 Å². The first-order valence-electron chi connectivity index (χ1n) is 7.52. The Hall–Kier alpha value is -1.95. The number of hydrogen-bond acceptors (Lipinski definition) is 4. The number of methoxy groups -OCH3 is 2. The molecule has 1 saturated heterocycles. The fourth-order valence-corrected chi connectivity index (χ4v) is 3.62. The van der Waals surface area contributed by atoms with Gasteiger partial charge in [-0.2, -0.15) is 0 Å². The first kappa shape index (κ1) is 15.0. The van der Waals surface area contributed by atoms with Crippen LogP contribution in [0.25, 0.3) is 0 Å². The van der Waals surface area contributed by atoms with Crippen LogP contribution >= 0.6 is 0 Å². The smallest absolute Gasteiger partial charge is 0.188 e. The lowest BCUT2D eigenvalue weighted by Crippen LogP contribution is -2.52. The normalized spacial score (nSPS) is 19.6. The number of ether oxygens (including phenoxy) is 3. The Morgan fingerprint density at radius 1 is 1.23 bits per heavy atom. The van der Waals surface area contributed by atoms with Gasteiger partial charge in [-0.05, 0) is 36.1 Å². The van der Waals surface area contributed by atoms with Crippen molar-refractivity contribution in [1.82, 2.24) is 4.90 Å². The largest absolute Gasteiger partial charge is 0.493 e. The zero-order chi connectivity index (χ0) is 15.7. The van der Waals surface area contributed by atoms with Crippen LogP contribution in [0, 0.1) is 5.41 Å². The van der Waals surface area contributed by atoms with E-state index in [1.54, 1.807) is 14.2 Å². The molecule has 120 valence electrons. The second-order valence-electron chi connectivity index (χ2n) is 6.00. The van der Waals surface area contributed by atoms with Crippen molar-refractivity contribution in [2.24, 2.45) is 5.73 Å². The van der Waals surface area contributed by atoms with Crippen molar-refractivity contribution in [3.8, 4) is 11.5 Å². The van der Waals surface area contributed by atoms with Gasteiger partial charge in [0.05, 0.1) is 14.2 Å². The third-order valence-electron chi connectivity index (χ3n) is 4.83. The number of benzene rings is 1. The molecule has 0 bridgehead atoms. The fourth-order valence-electron chi connectivity index (χ4n) is 3.62. The molecule has 1 fully saturated rings. The summed E-state index contributed by atoms with van der Waals surface area (Å²) in [5.74, 6) is 1.59. The van der Waals surface area contributed by atoms with Crippen molar-refractivity contribution in [2.45, 2.75) is 24.8 Å². The number of nitrogens with one attached hydrogen (secondary N) is 1. The van der Waals surface area contributed by atoms with Crippen LogP contribution < -0.4 is 15.2 Å². The van der Waals surface area contributed by atoms with Gasteiger partial charge in [-0.15, -0.1) is 0 Å². The van der Waals surface area contributed by atoms with E-state index in [0.717, 1.165) is 43.9 Å². The molecule has 0 saturated carbocycles. The first-order chi connectivity index (χ1) is 10.6. The van der Waals surface area contributed by atoms with Crippen LogP contribution in [0.1, 0.15) is 24.0 Å². The molecule has 6 heteroatoms. The maximum atomic E-state index is 7.83. The lowest BCUT2D eigenvalue weighted by atomic mass is 9.70. The van der Waals surface area contributed by atoms with E-state index in [4.69, 9.17) is 25.4 Å². The minimum absolute atomic E-state index is 0.0307. The second-order valence-corrected chi connectivity index (χ2v) is 6.00. The molecule has 0 amide bonds. The summed E-state index contributed by atoms with van der Waals surface area (Å²) in [6, 6.07) is 4.11. The van der Waals surface area contributed by atoms with Crippen LogP contribution in [0.2, 0.25) is 0 Å². The fraction of sp³-hybridized carbons (Fsp3) is 0.562. The van der Waals surface area contributed by atoms with E-state index in [1.165, 1.54) is 5.56 Å². The van der Waals surface area contributed by atoms with E-state index in [0.29, 0.717) is 12.3 Å². The molecule has 2 heterocycles. The standard InChI is InChI=1S/C16H23N3O3/c1-20-13-7-11-9-19(15(17)18)10-16(3-5-22-6-4-16)12(11)8-14(13)21-2/h7-8H,3-6,9-10H2,1-2H3,(H3,17,18). The number of guanidine groups is 1. The van der Waals surface area contributed by atoms with Crippen LogP contribution in [0.4, 0.5) is 0 Å². The van der Waals surface area contributed by atoms with Gasteiger partial charge >= 0.3 is 0 Å². The predicted octanol–water partition coefficient (Wildman–Crippen LogP) is 1.46. The molecule has 0 aromatic heterocycles. The molecule has 6 nitrogen and oxygen atoms in total. The highest BCUT2D eigenvalue weighted by molar-refractivity contribution is 5.75. The van der Waals surface area contributed by atoms with Crippen LogP contribution in [0.15, 0.2) is 12.1 Å². The van der Waals surface area contributed by atoms with Crippen molar-refractivity contribution in [1.29, 1.82) is 5.41 Å².